The van der Waals surface area contributed by atoms with E-state index in [-0.39, 0.29) is 5.91 Å². The van der Waals surface area contributed by atoms with Gasteiger partial charge in [-0.1, -0.05) is 13.0 Å². The van der Waals surface area contributed by atoms with E-state index in [0.717, 1.165) is 38.1 Å². The molecule has 0 aliphatic carbocycles. The van der Waals surface area contributed by atoms with E-state index < -0.39 is 0 Å². The van der Waals surface area contributed by atoms with Crippen LogP contribution in [0.25, 0.3) is 0 Å². The summed E-state index contributed by atoms with van der Waals surface area (Å²) in [6, 6.07) is 5.83. The van der Waals surface area contributed by atoms with Crippen molar-refractivity contribution in [1.82, 2.24) is 0 Å². The second kappa shape index (κ2) is 6.57. The lowest BCUT2D eigenvalue weighted by Gasteiger charge is -2.29. The standard InChI is InChI=1S/C15H22N2O2/c1-2-9-19-10-7-15(18)17-8-3-4-12-5-6-13(16)11-14(12)17/h5-6,11H,2-4,7-10,16H2,1H3. The predicted octanol–water partition coefficient (Wildman–Crippen LogP) is 2.36. The number of hydrogen-bond donors (Lipinski definition) is 1. The van der Waals surface area contributed by atoms with Gasteiger partial charge in [-0.3, -0.25) is 4.79 Å². The maximum Gasteiger partial charge on any atom is 0.229 e. The van der Waals surface area contributed by atoms with Gasteiger partial charge in [0.1, 0.15) is 0 Å². The highest BCUT2D eigenvalue weighted by Crippen LogP contribution is 2.29. The molecule has 0 saturated carbocycles. The summed E-state index contributed by atoms with van der Waals surface area (Å²) in [6.07, 6.45) is 3.45. The summed E-state index contributed by atoms with van der Waals surface area (Å²) in [5.74, 6) is 0.127. The molecule has 0 unspecified atom stereocenters. The van der Waals surface area contributed by atoms with Crippen molar-refractivity contribution in [1.29, 1.82) is 0 Å². The monoisotopic (exact) mass is 262 g/mol. The van der Waals surface area contributed by atoms with Crippen molar-refractivity contribution in [3.05, 3.63) is 23.8 Å². The molecule has 0 radical (unpaired) electrons. The zero-order valence-corrected chi connectivity index (χ0v) is 11.5. The fourth-order valence-electron chi connectivity index (χ4n) is 2.39. The average molecular weight is 262 g/mol. The molecule has 1 aromatic rings. The van der Waals surface area contributed by atoms with E-state index in [1.807, 2.05) is 23.1 Å². The quantitative estimate of drug-likeness (QED) is 0.654. The number of aryl methyl sites for hydroxylation is 1. The topological polar surface area (TPSA) is 55.6 Å². The largest absolute Gasteiger partial charge is 0.399 e. The van der Waals surface area contributed by atoms with Gasteiger partial charge >= 0.3 is 0 Å². The van der Waals surface area contributed by atoms with Crippen LogP contribution in [0.1, 0.15) is 31.7 Å². The first-order valence-electron chi connectivity index (χ1n) is 6.99. The lowest BCUT2D eigenvalue weighted by Crippen LogP contribution is -2.36. The number of anilines is 2. The Morgan fingerprint density at radius 2 is 2.26 bits per heavy atom. The number of ether oxygens (including phenoxy) is 1. The molecule has 4 nitrogen and oxygen atoms in total. The lowest BCUT2D eigenvalue weighted by molar-refractivity contribution is -0.119. The van der Waals surface area contributed by atoms with E-state index in [0.29, 0.717) is 18.7 Å². The smallest absolute Gasteiger partial charge is 0.229 e. The van der Waals surface area contributed by atoms with Crippen molar-refractivity contribution in [2.45, 2.75) is 32.6 Å². The molecule has 1 heterocycles. The first kappa shape index (κ1) is 13.9. The van der Waals surface area contributed by atoms with Crippen molar-refractivity contribution in [3.8, 4) is 0 Å². The number of nitrogens with zero attached hydrogens (tertiary/aromatic N) is 1. The summed E-state index contributed by atoms with van der Waals surface area (Å²) in [6.45, 7) is 4.06. The molecule has 1 aliphatic rings. The van der Waals surface area contributed by atoms with Gasteiger partial charge in [0.05, 0.1) is 13.0 Å². The van der Waals surface area contributed by atoms with Gasteiger partial charge in [-0.2, -0.15) is 0 Å². The normalized spacial score (nSPS) is 14.3. The third-order valence-corrected chi connectivity index (χ3v) is 3.34. The molecule has 0 atom stereocenters. The maximum atomic E-state index is 12.2. The van der Waals surface area contributed by atoms with Gasteiger partial charge in [0.2, 0.25) is 5.91 Å². The third kappa shape index (κ3) is 3.47. The molecular weight excluding hydrogens is 240 g/mol. The van der Waals surface area contributed by atoms with E-state index in [1.165, 1.54) is 5.56 Å². The Bertz CT molecular complexity index is 446. The summed E-state index contributed by atoms with van der Waals surface area (Å²) in [4.78, 5) is 14.1. The number of carbonyl (C=O) groups is 1. The molecule has 0 aromatic heterocycles. The number of benzene rings is 1. The fourth-order valence-corrected chi connectivity index (χ4v) is 2.39. The van der Waals surface area contributed by atoms with Crippen molar-refractivity contribution in [3.63, 3.8) is 0 Å². The summed E-state index contributed by atoms with van der Waals surface area (Å²) in [7, 11) is 0. The molecule has 0 saturated heterocycles. The Balaban J connectivity index is 2.02. The number of nitrogen functional groups attached to an aromatic ring is 1. The molecule has 104 valence electrons. The highest BCUT2D eigenvalue weighted by molar-refractivity contribution is 5.95. The molecule has 4 heteroatoms. The number of carbonyl (C=O) groups excluding carboxylic acids is 1. The summed E-state index contributed by atoms with van der Waals surface area (Å²) < 4.78 is 5.38. The maximum absolute atomic E-state index is 12.2. The van der Waals surface area contributed by atoms with Gasteiger partial charge in [0, 0.05) is 24.5 Å². The predicted molar refractivity (Wildman–Crippen MR) is 77.3 cm³/mol. The van der Waals surface area contributed by atoms with Crippen LogP contribution in [0.3, 0.4) is 0 Å². The van der Waals surface area contributed by atoms with Gasteiger partial charge in [-0.15, -0.1) is 0 Å². The van der Waals surface area contributed by atoms with Gasteiger partial charge in [0.15, 0.2) is 0 Å². The molecule has 1 aliphatic heterocycles. The molecule has 0 spiro atoms. The molecular formula is C15H22N2O2. The van der Waals surface area contributed by atoms with Gasteiger partial charge in [-0.25, -0.2) is 0 Å². The van der Waals surface area contributed by atoms with Crippen molar-refractivity contribution >= 4 is 17.3 Å². The van der Waals surface area contributed by atoms with Crippen LogP contribution in [0.15, 0.2) is 18.2 Å². The van der Waals surface area contributed by atoms with Crippen LogP contribution in [0, 0.1) is 0 Å². The van der Waals surface area contributed by atoms with E-state index in [9.17, 15) is 4.79 Å². The van der Waals surface area contributed by atoms with E-state index in [4.69, 9.17) is 10.5 Å². The second-order valence-corrected chi connectivity index (χ2v) is 4.90. The van der Waals surface area contributed by atoms with Crippen LogP contribution in [0.4, 0.5) is 11.4 Å². The number of rotatable bonds is 5. The summed E-state index contributed by atoms with van der Waals surface area (Å²) >= 11 is 0. The fraction of sp³-hybridized carbons (Fsp3) is 0.533. The van der Waals surface area contributed by atoms with E-state index in [1.54, 1.807) is 0 Å². The SMILES string of the molecule is CCCOCCC(=O)N1CCCc2ccc(N)cc21. The van der Waals surface area contributed by atoms with Crippen LogP contribution in [0.2, 0.25) is 0 Å². The number of fused-ring (bicyclic) bond motifs is 1. The van der Waals surface area contributed by atoms with Crippen LogP contribution in [0.5, 0.6) is 0 Å². The Morgan fingerprint density at radius 1 is 1.42 bits per heavy atom. The van der Waals surface area contributed by atoms with E-state index >= 15 is 0 Å². The van der Waals surface area contributed by atoms with Crippen LogP contribution < -0.4 is 10.6 Å². The highest BCUT2D eigenvalue weighted by atomic mass is 16.5. The Morgan fingerprint density at radius 3 is 3.05 bits per heavy atom. The minimum atomic E-state index is 0.127. The Kier molecular flexibility index (Phi) is 4.80. The minimum absolute atomic E-state index is 0.127. The number of amides is 1. The van der Waals surface area contributed by atoms with E-state index in [2.05, 4.69) is 6.92 Å². The zero-order chi connectivity index (χ0) is 13.7. The van der Waals surface area contributed by atoms with Crippen molar-refractivity contribution < 1.29 is 9.53 Å². The summed E-state index contributed by atoms with van der Waals surface area (Å²) in [5, 5.41) is 0. The van der Waals surface area contributed by atoms with Gasteiger partial charge < -0.3 is 15.4 Å². The van der Waals surface area contributed by atoms with Crippen LogP contribution in [-0.2, 0) is 16.0 Å². The molecule has 0 fully saturated rings. The van der Waals surface area contributed by atoms with Crippen molar-refractivity contribution in [2.75, 3.05) is 30.4 Å². The van der Waals surface area contributed by atoms with Gasteiger partial charge in [0.25, 0.3) is 0 Å². The first-order chi connectivity index (χ1) is 9.22. The van der Waals surface area contributed by atoms with Crippen molar-refractivity contribution in [2.24, 2.45) is 0 Å². The number of nitrogens with two attached hydrogens (primary N) is 1. The molecule has 2 rings (SSSR count). The molecule has 1 amide bonds. The Labute approximate surface area is 114 Å². The lowest BCUT2D eigenvalue weighted by atomic mass is 10.0. The van der Waals surface area contributed by atoms with Crippen LogP contribution >= 0.6 is 0 Å². The number of hydrogen-bond acceptors (Lipinski definition) is 3. The van der Waals surface area contributed by atoms with Gasteiger partial charge in [-0.05, 0) is 37.0 Å². The highest BCUT2D eigenvalue weighted by Gasteiger charge is 2.22. The first-order valence-corrected chi connectivity index (χ1v) is 6.99. The third-order valence-electron chi connectivity index (χ3n) is 3.34. The average Bonchev–Trinajstić information content (AvgIpc) is 2.42. The molecule has 1 aromatic carbocycles. The minimum Gasteiger partial charge on any atom is -0.399 e. The van der Waals surface area contributed by atoms with Crippen LogP contribution in [-0.4, -0.2) is 25.7 Å². The second-order valence-electron chi connectivity index (χ2n) is 4.90. The zero-order valence-electron chi connectivity index (χ0n) is 11.5. The summed E-state index contributed by atoms with van der Waals surface area (Å²) in [5.41, 5.74) is 8.72. The molecule has 2 N–H and O–H groups in total. The Hall–Kier alpha value is -1.55. The molecule has 19 heavy (non-hydrogen) atoms. The molecule has 0 bridgehead atoms.